The van der Waals surface area contributed by atoms with E-state index in [0.717, 1.165) is 14.7 Å². The maximum atomic E-state index is 11.8. The molecule has 2 aromatic carbocycles. The number of nitrogens with zero attached hydrogens (tertiary/aromatic N) is 1. The third kappa shape index (κ3) is 5.72. The zero-order valence-corrected chi connectivity index (χ0v) is 17.4. The van der Waals surface area contributed by atoms with Gasteiger partial charge in [0.2, 0.25) is 0 Å². The van der Waals surface area contributed by atoms with Crippen LogP contribution in [0.25, 0.3) is 6.08 Å². The predicted molar refractivity (Wildman–Crippen MR) is 113 cm³/mol. The number of nitrogens with one attached hydrogen (secondary N) is 1. The zero-order chi connectivity index (χ0) is 20.7. The number of aryl methyl sites for hydroxylation is 1. The summed E-state index contributed by atoms with van der Waals surface area (Å²) in [6.45, 7) is 2.38. The highest BCUT2D eigenvalue weighted by atomic mass is 127. The summed E-state index contributed by atoms with van der Waals surface area (Å²) in [5.41, 5.74) is 7.36. The van der Waals surface area contributed by atoms with Crippen LogP contribution in [0.5, 0.6) is 11.5 Å². The van der Waals surface area contributed by atoms with E-state index in [0.29, 0.717) is 23.7 Å². The lowest BCUT2D eigenvalue weighted by molar-refractivity contribution is -0.115. The molecule has 2 rings (SSSR count). The number of methoxy groups -OCH3 is 1. The quantitative estimate of drug-likeness (QED) is 0.366. The van der Waals surface area contributed by atoms with E-state index < -0.39 is 11.9 Å². The highest BCUT2D eigenvalue weighted by molar-refractivity contribution is 14.1. The Labute approximate surface area is 176 Å². The molecule has 0 bridgehead atoms. The zero-order valence-electron chi connectivity index (χ0n) is 15.3. The molecule has 0 atom stereocenters. The molecule has 0 fully saturated rings. The third-order valence-corrected chi connectivity index (χ3v) is 4.43. The SMILES string of the molecule is COc1cc(/C=C(/C#N)C(=O)NC(N)=O)cc(I)c1OCc1cccc(C)c1. The minimum absolute atomic E-state index is 0.259. The minimum atomic E-state index is -1.03. The van der Waals surface area contributed by atoms with E-state index in [9.17, 15) is 9.59 Å². The van der Waals surface area contributed by atoms with Crippen molar-refractivity contribution in [1.29, 1.82) is 5.26 Å². The number of rotatable bonds is 6. The highest BCUT2D eigenvalue weighted by Crippen LogP contribution is 2.35. The van der Waals surface area contributed by atoms with Crippen LogP contribution >= 0.6 is 22.6 Å². The summed E-state index contributed by atoms with van der Waals surface area (Å²) in [5.74, 6) is 0.143. The van der Waals surface area contributed by atoms with E-state index in [1.54, 1.807) is 18.2 Å². The molecule has 0 aliphatic heterocycles. The van der Waals surface area contributed by atoms with Crippen LogP contribution < -0.4 is 20.5 Å². The first-order valence-corrected chi connectivity index (χ1v) is 9.20. The normalized spacial score (nSPS) is 10.7. The Morgan fingerprint density at radius 3 is 2.68 bits per heavy atom. The molecule has 2 aromatic rings. The summed E-state index contributed by atoms with van der Waals surface area (Å²) in [5, 5.41) is 11.0. The van der Waals surface area contributed by atoms with Crippen molar-refractivity contribution in [2.24, 2.45) is 5.73 Å². The molecule has 0 aliphatic carbocycles. The molecule has 144 valence electrons. The Bertz CT molecular complexity index is 980. The smallest absolute Gasteiger partial charge is 0.319 e. The number of carbonyl (C=O) groups is 2. The summed E-state index contributed by atoms with van der Waals surface area (Å²) < 4.78 is 12.1. The van der Waals surface area contributed by atoms with Crippen LogP contribution in [-0.4, -0.2) is 19.0 Å². The Morgan fingerprint density at radius 1 is 1.32 bits per heavy atom. The molecule has 0 heterocycles. The van der Waals surface area contributed by atoms with Crippen molar-refractivity contribution in [3.05, 3.63) is 62.2 Å². The molecule has 0 saturated heterocycles. The van der Waals surface area contributed by atoms with Gasteiger partial charge in [-0.1, -0.05) is 29.8 Å². The molecule has 7 nitrogen and oxygen atoms in total. The number of primary amides is 1. The van der Waals surface area contributed by atoms with Gasteiger partial charge in [0.25, 0.3) is 5.91 Å². The Hall–Kier alpha value is -3.06. The Morgan fingerprint density at radius 2 is 2.07 bits per heavy atom. The number of urea groups is 1. The molecule has 0 radical (unpaired) electrons. The van der Waals surface area contributed by atoms with Crippen molar-refractivity contribution >= 4 is 40.6 Å². The van der Waals surface area contributed by atoms with Crippen LogP contribution in [0.3, 0.4) is 0 Å². The second kappa shape index (κ2) is 9.75. The lowest BCUT2D eigenvalue weighted by Crippen LogP contribution is -2.35. The largest absolute Gasteiger partial charge is 0.493 e. The van der Waals surface area contributed by atoms with Gasteiger partial charge < -0.3 is 15.2 Å². The molecule has 0 spiro atoms. The summed E-state index contributed by atoms with van der Waals surface area (Å²) in [4.78, 5) is 22.6. The van der Waals surface area contributed by atoms with Crippen molar-refractivity contribution in [1.82, 2.24) is 5.32 Å². The van der Waals surface area contributed by atoms with E-state index in [1.165, 1.54) is 13.2 Å². The second-order valence-electron chi connectivity index (χ2n) is 5.80. The third-order valence-electron chi connectivity index (χ3n) is 3.63. The standard InChI is InChI=1S/C20H18IN3O4/c1-12-4-3-5-13(6-12)11-28-18-16(21)8-14(9-17(18)27-2)7-15(10-22)19(25)24-20(23)26/h3-9H,11H2,1-2H3,(H3,23,24,25,26)/b15-7-. The monoisotopic (exact) mass is 491 g/mol. The van der Waals surface area contributed by atoms with Crippen LogP contribution in [0, 0.1) is 21.8 Å². The second-order valence-corrected chi connectivity index (χ2v) is 6.96. The summed E-state index contributed by atoms with van der Waals surface area (Å²) in [6, 6.07) is 12.1. The maximum Gasteiger partial charge on any atom is 0.319 e. The Kier molecular flexibility index (Phi) is 7.40. The number of ether oxygens (including phenoxy) is 2. The number of nitrogens with two attached hydrogens (primary N) is 1. The van der Waals surface area contributed by atoms with Gasteiger partial charge in [-0.25, -0.2) is 4.79 Å². The average molecular weight is 491 g/mol. The van der Waals surface area contributed by atoms with Crippen LogP contribution in [0.4, 0.5) is 4.79 Å². The first kappa shape index (κ1) is 21.2. The first-order chi connectivity index (χ1) is 13.3. The van der Waals surface area contributed by atoms with Crippen molar-refractivity contribution in [3.63, 3.8) is 0 Å². The van der Waals surface area contributed by atoms with Gasteiger partial charge >= 0.3 is 6.03 Å². The van der Waals surface area contributed by atoms with Gasteiger partial charge in [0.05, 0.1) is 10.7 Å². The van der Waals surface area contributed by atoms with Gasteiger partial charge in [0.15, 0.2) is 11.5 Å². The summed E-state index contributed by atoms with van der Waals surface area (Å²) in [6.07, 6.45) is 1.34. The van der Waals surface area contributed by atoms with Gasteiger partial charge in [-0.2, -0.15) is 5.26 Å². The molecule has 3 amide bonds. The lowest BCUT2D eigenvalue weighted by Gasteiger charge is -2.14. The molecular weight excluding hydrogens is 473 g/mol. The van der Waals surface area contributed by atoms with Gasteiger partial charge in [0, 0.05) is 0 Å². The minimum Gasteiger partial charge on any atom is -0.493 e. The highest BCUT2D eigenvalue weighted by Gasteiger charge is 2.15. The number of imide groups is 1. The number of hydrogen-bond donors (Lipinski definition) is 2. The Balaban J connectivity index is 2.29. The molecule has 0 aromatic heterocycles. The molecule has 0 aliphatic rings. The predicted octanol–water partition coefficient (Wildman–Crippen LogP) is 3.29. The van der Waals surface area contributed by atoms with Crippen molar-refractivity contribution in [2.45, 2.75) is 13.5 Å². The molecule has 8 heteroatoms. The van der Waals surface area contributed by atoms with E-state index in [-0.39, 0.29) is 5.57 Å². The van der Waals surface area contributed by atoms with Crippen LogP contribution in [0.15, 0.2) is 42.0 Å². The lowest BCUT2D eigenvalue weighted by atomic mass is 10.1. The molecule has 0 unspecified atom stereocenters. The maximum absolute atomic E-state index is 11.8. The average Bonchev–Trinajstić information content (AvgIpc) is 2.64. The topological polar surface area (TPSA) is 114 Å². The summed E-state index contributed by atoms with van der Waals surface area (Å²) >= 11 is 2.09. The number of nitriles is 1. The van der Waals surface area contributed by atoms with E-state index >= 15 is 0 Å². The number of carbonyl (C=O) groups excluding carboxylic acids is 2. The summed E-state index contributed by atoms with van der Waals surface area (Å²) in [7, 11) is 1.50. The van der Waals surface area contributed by atoms with Crippen LogP contribution in [-0.2, 0) is 11.4 Å². The van der Waals surface area contributed by atoms with Crippen LogP contribution in [0.1, 0.15) is 16.7 Å². The number of hydrogen-bond acceptors (Lipinski definition) is 5. The van der Waals surface area contributed by atoms with Gasteiger partial charge in [-0.15, -0.1) is 0 Å². The molecular formula is C20H18IN3O4. The van der Waals surface area contributed by atoms with Crippen LogP contribution in [0.2, 0.25) is 0 Å². The molecule has 3 N–H and O–H groups in total. The van der Waals surface area contributed by atoms with E-state index in [4.69, 9.17) is 20.5 Å². The molecule has 0 saturated carbocycles. The first-order valence-electron chi connectivity index (χ1n) is 8.12. The number of halogens is 1. The van der Waals surface area contributed by atoms with Gasteiger partial charge in [-0.05, 0) is 58.9 Å². The fraction of sp³-hybridized carbons (Fsp3) is 0.150. The van der Waals surface area contributed by atoms with Gasteiger partial charge in [-0.3, -0.25) is 10.1 Å². The number of benzene rings is 2. The van der Waals surface area contributed by atoms with Crippen molar-refractivity contribution in [2.75, 3.05) is 7.11 Å². The van der Waals surface area contributed by atoms with Crippen molar-refractivity contribution < 1.29 is 19.1 Å². The fourth-order valence-electron chi connectivity index (χ4n) is 2.42. The number of amides is 3. The van der Waals surface area contributed by atoms with E-state index in [2.05, 4.69) is 22.6 Å². The fourth-order valence-corrected chi connectivity index (χ4v) is 3.20. The van der Waals surface area contributed by atoms with Gasteiger partial charge in [0.1, 0.15) is 18.2 Å². The van der Waals surface area contributed by atoms with E-state index in [1.807, 2.05) is 36.5 Å². The molecule has 28 heavy (non-hydrogen) atoms. The van der Waals surface area contributed by atoms with Crippen molar-refractivity contribution in [3.8, 4) is 17.6 Å².